The third-order valence-electron chi connectivity index (χ3n) is 2.84. The molecule has 1 amide bonds. The highest BCUT2D eigenvalue weighted by molar-refractivity contribution is 5.85. The monoisotopic (exact) mass is 241 g/mol. The Hall–Kier alpha value is -1.06. The van der Waals surface area contributed by atoms with E-state index in [0.717, 1.165) is 19.3 Å². The fourth-order valence-electron chi connectivity index (χ4n) is 1.47. The van der Waals surface area contributed by atoms with Gasteiger partial charge in [0.05, 0.1) is 6.61 Å². The Morgan fingerprint density at radius 3 is 2.35 bits per heavy atom. The van der Waals surface area contributed by atoms with Crippen LogP contribution in [0, 0.1) is 11.3 Å². The molecule has 1 atom stereocenters. The lowest BCUT2D eigenvalue weighted by Gasteiger charge is -2.26. The van der Waals surface area contributed by atoms with Crippen molar-refractivity contribution in [2.24, 2.45) is 11.3 Å². The zero-order chi connectivity index (χ0) is 13.1. The Morgan fingerprint density at radius 2 is 1.94 bits per heavy atom. The van der Waals surface area contributed by atoms with E-state index in [1.807, 2.05) is 20.8 Å². The zero-order valence-corrected chi connectivity index (χ0v) is 11.2. The molecule has 0 bridgehead atoms. The fourth-order valence-corrected chi connectivity index (χ4v) is 1.47. The lowest BCUT2D eigenvalue weighted by Crippen LogP contribution is -2.44. The Morgan fingerprint density at radius 1 is 1.35 bits per heavy atom. The van der Waals surface area contributed by atoms with Crippen LogP contribution in [0.25, 0.3) is 0 Å². The van der Waals surface area contributed by atoms with Crippen LogP contribution in [-0.2, 0) is 14.3 Å². The first-order chi connectivity index (χ1) is 7.79. The largest absolute Gasteiger partial charge is 0.464 e. The van der Waals surface area contributed by atoms with E-state index in [9.17, 15) is 9.59 Å². The molecule has 1 fully saturated rings. The number of carbonyl (C=O) groups excluding carboxylic acids is 2. The fraction of sp³-hybridized carbons (Fsp3) is 0.846. The van der Waals surface area contributed by atoms with Crippen molar-refractivity contribution in [2.75, 3.05) is 6.61 Å². The van der Waals surface area contributed by atoms with Gasteiger partial charge in [0.2, 0.25) is 5.91 Å². The summed E-state index contributed by atoms with van der Waals surface area (Å²) in [6.07, 6.45) is 2.99. The van der Waals surface area contributed by atoms with Crippen LogP contribution in [-0.4, -0.2) is 24.5 Å². The Labute approximate surface area is 103 Å². The van der Waals surface area contributed by atoms with Gasteiger partial charge in [0.15, 0.2) is 0 Å². The first-order valence-corrected chi connectivity index (χ1v) is 6.26. The van der Waals surface area contributed by atoms with Crippen LogP contribution in [0.4, 0.5) is 0 Å². The summed E-state index contributed by atoms with van der Waals surface area (Å²) in [6, 6.07) is -0.551. The minimum Gasteiger partial charge on any atom is -0.464 e. The maximum atomic E-state index is 11.6. The molecule has 4 nitrogen and oxygen atoms in total. The van der Waals surface area contributed by atoms with E-state index in [4.69, 9.17) is 4.74 Å². The number of carbonyl (C=O) groups is 2. The van der Waals surface area contributed by atoms with Gasteiger partial charge in [-0.2, -0.15) is 0 Å². The van der Waals surface area contributed by atoms with Crippen molar-refractivity contribution in [3.8, 4) is 0 Å². The molecule has 0 aromatic carbocycles. The highest BCUT2D eigenvalue weighted by Gasteiger charge is 2.28. The van der Waals surface area contributed by atoms with E-state index in [2.05, 4.69) is 5.32 Å². The van der Waals surface area contributed by atoms with Gasteiger partial charge in [-0.3, -0.25) is 4.79 Å². The summed E-state index contributed by atoms with van der Waals surface area (Å²) in [5.41, 5.74) is -0.0483. The zero-order valence-electron chi connectivity index (χ0n) is 11.2. The van der Waals surface area contributed by atoms with Crippen LogP contribution < -0.4 is 5.32 Å². The van der Waals surface area contributed by atoms with Gasteiger partial charge in [-0.25, -0.2) is 4.79 Å². The number of esters is 1. The number of ether oxygens (including phenoxy) is 1. The highest BCUT2D eigenvalue weighted by Crippen LogP contribution is 2.26. The SMILES string of the molecule is C[C@H](NC(=O)C1CCC1)C(=O)OCC(C)(C)C. The van der Waals surface area contributed by atoms with Crippen molar-refractivity contribution in [3.63, 3.8) is 0 Å². The van der Waals surface area contributed by atoms with Gasteiger partial charge in [0.25, 0.3) is 0 Å². The topological polar surface area (TPSA) is 55.4 Å². The van der Waals surface area contributed by atoms with Crippen molar-refractivity contribution in [2.45, 2.75) is 53.0 Å². The van der Waals surface area contributed by atoms with Gasteiger partial charge >= 0.3 is 5.97 Å². The highest BCUT2D eigenvalue weighted by atomic mass is 16.5. The summed E-state index contributed by atoms with van der Waals surface area (Å²) in [5.74, 6) is -0.267. The lowest BCUT2D eigenvalue weighted by molar-refractivity contribution is -0.150. The molecule has 1 rings (SSSR count). The molecule has 0 spiro atoms. The lowest BCUT2D eigenvalue weighted by atomic mass is 9.84. The predicted octanol–water partition coefficient (Wildman–Crippen LogP) is 1.88. The number of nitrogens with one attached hydrogen (secondary N) is 1. The van der Waals surface area contributed by atoms with Gasteiger partial charge in [-0.05, 0) is 25.2 Å². The van der Waals surface area contributed by atoms with Gasteiger partial charge < -0.3 is 10.1 Å². The Kier molecular flexibility index (Phi) is 4.54. The van der Waals surface area contributed by atoms with Crippen LogP contribution in [0.15, 0.2) is 0 Å². The molecular weight excluding hydrogens is 218 g/mol. The quantitative estimate of drug-likeness (QED) is 0.765. The molecule has 17 heavy (non-hydrogen) atoms. The summed E-state index contributed by atoms with van der Waals surface area (Å²) < 4.78 is 5.15. The van der Waals surface area contributed by atoms with E-state index in [1.54, 1.807) is 6.92 Å². The van der Waals surface area contributed by atoms with E-state index in [-0.39, 0.29) is 23.2 Å². The summed E-state index contributed by atoms with van der Waals surface area (Å²) in [6.45, 7) is 8.03. The smallest absolute Gasteiger partial charge is 0.328 e. The third kappa shape index (κ3) is 4.75. The standard InChI is InChI=1S/C13H23NO3/c1-9(12(16)17-8-13(2,3)4)14-11(15)10-6-5-7-10/h9-10H,5-8H2,1-4H3,(H,14,15)/t9-/m0/s1. The molecule has 0 unspecified atom stereocenters. The van der Waals surface area contributed by atoms with Crippen molar-refractivity contribution < 1.29 is 14.3 Å². The molecule has 0 heterocycles. The third-order valence-corrected chi connectivity index (χ3v) is 2.84. The average Bonchev–Trinajstić information content (AvgIpc) is 2.09. The van der Waals surface area contributed by atoms with Crippen LogP contribution in [0.5, 0.6) is 0 Å². The first kappa shape index (κ1) is 14.0. The van der Waals surface area contributed by atoms with Crippen molar-refractivity contribution in [1.82, 2.24) is 5.32 Å². The van der Waals surface area contributed by atoms with Crippen LogP contribution in [0.1, 0.15) is 47.0 Å². The Balaban J connectivity index is 2.28. The summed E-state index contributed by atoms with van der Waals surface area (Å²) in [4.78, 5) is 23.2. The molecule has 0 saturated heterocycles. The van der Waals surface area contributed by atoms with Gasteiger partial charge in [0, 0.05) is 5.92 Å². The molecule has 0 radical (unpaired) electrons. The summed E-state index contributed by atoms with van der Waals surface area (Å²) >= 11 is 0. The molecule has 1 aliphatic carbocycles. The summed E-state index contributed by atoms with van der Waals surface area (Å²) in [7, 11) is 0. The van der Waals surface area contributed by atoms with Gasteiger partial charge in [0.1, 0.15) is 6.04 Å². The second-order valence-electron chi connectivity index (χ2n) is 6.03. The van der Waals surface area contributed by atoms with Crippen molar-refractivity contribution in [3.05, 3.63) is 0 Å². The molecule has 1 N–H and O–H groups in total. The van der Waals surface area contributed by atoms with Crippen LogP contribution >= 0.6 is 0 Å². The van der Waals surface area contributed by atoms with Gasteiger partial charge in [-0.1, -0.05) is 27.2 Å². The molecule has 98 valence electrons. The second-order valence-corrected chi connectivity index (χ2v) is 6.03. The predicted molar refractivity (Wildman–Crippen MR) is 65.4 cm³/mol. The van der Waals surface area contributed by atoms with Gasteiger partial charge in [-0.15, -0.1) is 0 Å². The molecule has 0 aromatic rings. The molecule has 1 aliphatic rings. The maximum Gasteiger partial charge on any atom is 0.328 e. The molecule has 1 saturated carbocycles. The van der Waals surface area contributed by atoms with Crippen LogP contribution in [0.2, 0.25) is 0 Å². The molecular formula is C13H23NO3. The minimum absolute atomic E-state index is 0.0172. The molecule has 0 aromatic heterocycles. The first-order valence-electron chi connectivity index (χ1n) is 6.26. The van der Waals surface area contributed by atoms with Crippen LogP contribution in [0.3, 0.4) is 0 Å². The number of rotatable bonds is 4. The normalized spacial score (nSPS) is 18.1. The second kappa shape index (κ2) is 5.52. The molecule has 0 aliphatic heterocycles. The van der Waals surface area contributed by atoms with Crippen molar-refractivity contribution in [1.29, 1.82) is 0 Å². The number of hydrogen-bond acceptors (Lipinski definition) is 3. The van der Waals surface area contributed by atoms with E-state index >= 15 is 0 Å². The summed E-state index contributed by atoms with van der Waals surface area (Å²) in [5, 5.41) is 2.70. The van der Waals surface area contributed by atoms with E-state index < -0.39 is 6.04 Å². The Bertz CT molecular complexity index is 290. The van der Waals surface area contributed by atoms with E-state index in [0.29, 0.717) is 6.61 Å². The average molecular weight is 241 g/mol. The number of amides is 1. The van der Waals surface area contributed by atoms with E-state index in [1.165, 1.54) is 0 Å². The van der Waals surface area contributed by atoms with Crippen molar-refractivity contribution >= 4 is 11.9 Å². The molecule has 4 heteroatoms. The minimum atomic E-state index is -0.551. The maximum absolute atomic E-state index is 11.6. The number of hydrogen-bond donors (Lipinski definition) is 1.